The number of hydrogen-bond donors (Lipinski definition) is 1. The van der Waals surface area contributed by atoms with Crippen LogP contribution >= 0.6 is 11.6 Å². The number of hydrogen-bond acceptors (Lipinski definition) is 3. The second kappa shape index (κ2) is 7.05. The minimum Gasteiger partial charge on any atom is -0.507 e. The third-order valence-electron chi connectivity index (χ3n) is 5.43. The molecule has 0 aromatic heterocycles. The highest BCUT2D eigenvalue weighted by Gasteiger charge is 2.43. The van der Waals surface area contributed by atoms with Gasteiger partial charge in [-0.05, 0) is 61.7 Å². The van der Waals surface area contributed by atoms with Gasteiger partial charge in [-0.1, -0.05) is 47.5 Å². The molecule has 0 radical (unpaired) electrons. The average molecular weight is 406 g/mol. The SMILES string of the molecule is Cc1ccc(N2C(=O)c3ccccc3[C@H]2C(=O)c2c(O)cc(C)c(Cl)c2C)cc1. The van der Waals surface area contributed by atoms with Gasteiger partial charge in [-0.25, -0.2) is 0 Å². The Balaban J connectivity index is 1.91. The van der Waals surface area contributed by atoms with Gasteiger partial charge in [-0.3, -0.25) is 14.5 Å². The van der Waals surface area contributed by atoms with E-state index in [9.17, 15) is 14.7 Å². The number of carbonyl (C=O) groups is 2. The van der Waals surface area contributed by atoms with Gasteiger partial charge < -0.3 is 5.11 Å². The fraction of sp³-hybridized carbons (Fsp3) is 0.167. The van der Waals surface area contributed by atoms with Crippen LogP contribution in [0.25, 0.3) is 0 Å². The molecule has 4 nitrogen and oxygen atoms in total. The van der Waals surface area contributed by atoms with Crippen LogP contribution in [0.5, 0.6) is 5.75 Å². The number of amides is 1. The summed E-state index contributed by atoms with van der Waals surface area (Å²) in [4.78, 5) is 28.4. The number of aromatic hydroxyl groups is 1. The first kappa shape index (κ1) is 19.2. The number of phenols is 1. The lowest BCUT2D eigenvalue weighted by atomic mass is 9.92. The van der Waals surface area contributed by atoms with Crippen molar-refractivity contribution in [2.24, 2.45) is 0 Å². The summed E-state index contributed by atoms with van der Waals surface area (Å²) in [5.74, 6) is -0.728. The van der Waals surface area contributed by atoms with Crippen molar-refractivity contribution in [2.45, 2.75) is 26.8 Å². The normalized spacial score (nSPS) is 15.5. The van der Waals surface area contributed by atoms with Crippen molar-refractivity contribution in [3.8, 4) is 5.75 Å². The third-order valence-corrected chi connectivity index (χ3v) is 6.01. The molecular weight excluding hydrogens is 386 g/mol. The van der Waals surface area contributed by atoms with E-state index >= 15 is 0 Å². The number of benzene rings is 3. The van der Waals surface area contributed by atoms with Gasteiger partial charge in [0.15, 0.2) is 5.78 Å². The van der Waals surface area contributed by atoms with E-state index in [0.29, 0.717) is 33.0 Å². The molecule has 0 bridgehead atoms. The van der Waals surface area contributed by atoms with Crippen molar-refractivity contribution < 1.29 is 14.7 Å². The molecule has 4 rings (SSSR count). The molecule has 146 valence electrons. The zero-order valence-electron chi connectivity index (χ0n) is 16.4. The van der Waals surface area contributed by atoms with E-state index < -0.39 is 6.04 Å². The lowest BCUT2D eigenvalue weighted by Crippen LogP contribution is -2.33. The first-order chi connectivity index (χ1) is 13.8. The van der Waals surface area contributed by atoms with Crippen molar-refractivity contribution in [1.29, 1.82) is 0 Å². The minimum atomic E-state index is -0.871. The summed E-state index contributed by atoms with van der Waals surface area (Å²) < 4.78 is 0. The first-order valence-corrected chi connectivity index (χ1v) is 9.71. The Kier molecular flexibility index (Phi) is 4.67. The zero-order valence-corrected chi connectivity index (χ0v) is 17.1. The van der Waals surface area contributed by atoms with Crippen LogP contribution in [0, 0.1) is 20.8 Å². The highest BCUT2D eigenvalue weighted by molar-refractivity contribution is 6.33. The predicted octanol–water partition coefficient (Wildman–Crippen LogP) is 5.56. The van der Waals surface area contributed by atoms with Crippen LogP contribution in [0.15, 0.2) is 54.6 Å². The number of carbonyl (C=O) groups excluding carboxylic acids is 2. The monoisotopic (exact) mass is 405 g/mol. The number of phenolic OH excluding ortho intramolecular Hbond substituents is 1. The molecule has 1 aliphatic rings. The Morgan fingerprint density at radius 1 is 1.03 bits per heavy atom. The molecule has 0 spiro atoms. The highest BCUT2D eigenvalue weighted by atomic mass is 35.5. The second-order valence-electron chi connectivity index (χ2n) is 7.39. The Labute approximate surface area is 174 Å². The number of ketones is 1. The molecule has 1 heterocycles. The summed E-state index contributed by atoms with van der Waals surface area (Å²) >= 11 is 6.36. The third kappa shape index (κ3) is 3.00. The second-order valence-corrected chi connectivity index (χ2v) is 7.77. The summed E-state index contributed by atoms with van der Waals surface area (Å²) in [7, 11) is 0. The Hall–Kier alpha value is -3.11. The van der Waals surface area contributed by atoms with Crippen LogP contribution < -0.4 is 4.90 Å². The first-order valence-electron chi connectivity index (χ1n) is 9.33. The molecule has 0 unspecified atom stereocenters. The smallest absolute Gasteiger partial charge is 0.259 e. The number of aryl methyl sites for hydroxylation is 2. The lowest BCUT2D eigenvalue weighted by Gasteiger charge is -2.26. The lowest BCUT2D eigenvalue weighted by molar-refractivity contribution is 0.0914. The Morgan fingerprint density at radius 2 is 1.69 bits per heavy atom. The van der Waals surface area contributed by atoms with Crippen molar-refractivity contribution in [3.63, 3.8) is 0 Å². The minimum absolute atomic E-state index is 0.130. The number of nitrogens with zero attached hydrogens (tertiary/aromatic N) is 1. The Bertz CT molecular complexity index is 1150. The van der Waals surface area contributed by atoms with E-state index in [1.54, 1.807) is 38.1 Å². The molecule has 1 aliphatic heterocycles. The van der Waals surface area contributed by atoms with Crippen LogP contribution in [0.1, 0.15) is 49.0 Å². The molecule has 3 aromatic rings. The van der Waals surface area contributed by atoms with Crippen LogP contribution in [0.4, 0.5) is 5.69 Å². The molecule has 0 fully saturated rings. The standard InChI is InChI=1S/C24H20ClNO3/c1-13-8-10-16(11-9-13)26-22(17-6-4-5-7-18(17)24(26)29)23(28)20-15(3)21(25)14(2)12-19(20)27/h4-12,22,27H,1-3H3/t22-/m0/s1. The molecule has 29 heavy (non-hydrogen) atoms. The number of anilines is 1. The largest absolute Gasteiger partial charge is 0.507 e. The van der Waals surface area contributed by atoms with Crippen molar-refractivity contribution in [1.82, 2.24) is 0 Å². The molecule has 1 N–H and O–H groups in total. The van der Waals surface area contributed by atoms with Crippen molar-refractivity contribution in [2.75, 3.05) is 4.90 Å². The van der Waals surface area contributed by atoms with E-state index in [1.165, 1.54) is 11.0 Å². The van der Waals surface area contributed by atoms with Gasteiger partial charge in [0, 0.05) is 16.3 Å². The number of fused-ring (bicyclic) bond motifs is 1. The summed E-state index contributed by atoms with van der Waals surface area (Å²) in [6.07, 6.45) is 0. The van der Waals surface area contributed by atoms with Gasteiger partial charge in [-0.15, -0.1) is 0 Å². The van der Waals surface area contributed by atoms with Crippen LogP contribution in [-0.4, -0.2) is 16.8 Å². The van der Waals surface area contributed by atoms with Crippen molar-refractivity contribution in [3.05, 3.63) is 93.0 Å². The molecule has 1 atom stereocenters. The Morgan fingerprint density at radius 3 is 2.38 bits per heavy atom. The molecule has 0 aliphatic carbocycles. The van der Waals surface area contributed by atoms with Gasteiger partial charge in [0.05, 0.1) is 5.56 Å². The van der Waals surface area contributed by atoms with Gasteiger partial charge in [0.1, 0.15) is 11.8 Å². The van der Waals surface area contributed by atoms with Gasteiger partial charge in [-0.2, -0.15) is 0 Å². The van der Waals surface area contributed by atoms with Gasteiger partial charge in [0.25, 0.3) is 5.91 Å². The highest BCUT2D eigenvalue weighted by Crippen LogP contribution is 2.42. The van der Waals surface area contributed by atoms with Crippen LogP contribution in [0.3, 0.4) is 0 Å². The maximum atomic E-state index is 13.7. The van der Waals surface area contributed by atoms with Crippen LogP contribution in [-0.2, 0) is 0 Å². The predicted molar refractivity (Wildman–Crippen MR) is 114 cm³/mol. The quantitative estimate of drug-likeness (QED) is 0.581. The summed E-state index contributed by atoms with van der Waals surface area (Å²) in [5, 5.41) is 11.0. The van der Waals surface area contributed by atoms with E-state index in [4.69, 9.17) is 11.6 Å². The summed E-state index contributed by atoms with van der Waals surface area (Å²) in [6, 6.07) is 15.2. The average Bonchev–Trinajstić information content (AvgIpc) is 3.00. The molecule has 1 amide bonds. The zero-order chi connectivity index (χ0) is 20.9. The number of Topliss-reactive ketones (excluding diaryl/α,β-unsaturated/α-hetero) is 1. The number of halogens is 1. The van der Waals surface area contributed by atoms with Gasteiger partial charge in [0.2, 0.25) is 0 Å². The van der Waals surface area contributed by atoms with E-state index in [0.717, 1.165) is 5.56 Å². The molecule has 5 heteroatoms. The maximum Gasteiger partial charge on any atom is 0.259 e. The van der Waals surface area contributed by atoms with E-state index in [-0.39, 0.29) is 23.0 Å². The fourth-order valence-corrected chi connectivity index (χ4v) is 4.08. The van der Waals surface area contributed by atoms with Crippen molar-refractivity contribution >= 4 is 29.0 Å². The molecule has 0 saturated carbocycles. The van der Waals surface area contributed by atoms with E-state index in [1.807, 2.05) is 31.2 Å². The summed E-state index contributed by atoms with van der Waals surface area (Å²) in [6.45, 7) is 5.44. The van der Waals surface area contributed by atoms with Crippen LogP contribution in [0.2, 0.25) is 5.02 Å². The maximum absolute atomic E-state index is 13.7. The number of rotatable bonds is 3. The van der Waals surface area contributed by atoms with E-state index in [2.05, 4.69) is 0 Å². The fourth-order valence-electron chi connectivity index (χ4n) is 3.93. The molecule has 3 aromatic carbocycles. The molecule has 0 saturated heterocycles. The van der Waals surface area contributed by atoms with Gasteiger partial charge >= 0.3 is 0 Å². The topological polar surface area (TPSA) is 57.6 Å². The molecular formula is C24H20ClNO3. The summed E-state index contributed by atoms with van der Waals surface area (Å²) in [5.41, 5.74) is 4.14.